The van der Waals surface area contributed by atoms with E-state index in [4.69, 9.17) is 0 Å². The first kappa shape index (κ1) is 29.8. The molecule has 0 saturated heterocycles. The topological polar surface area (TPSA) is 86.8 Å². The third kappa shape index (κ3) is 8.13. The molecule has 3 rings (SSSR count). The lowest BCUT2D eigenvalue weighted by atomic mass is 10.0. The van der Waals surface area contributed by atoms with Crippen LogP contribution in [0.5, 0.6) is 0 Å². The summed E-state index contributed by atoms with van der Waals surface area (Å²) in [6.45, 7) is 5.19. The minimum Gasteiger partial charge on any atom is -0.354 e. The summed E-state index contributed by atoms with van der Waals surface area (Å²) >= 11 is 0. The van der Waals surface area contributed by atoms with Gasteiger partial charge in [0, 0.05) is 25.1 Å². The van der Waals surface area contributed by atoms with Crippen molar-refractivity contribution in [2.24, 2.45) is 0 Å². The second kappa shape index (κ2) is 13.4. The molecule has 0 bridgehead atoms. The minimum absolute atomic E-state index is 0.179. The molecule has 0 heterocycles. The summed E-state index contributed by atoms with van der Waals surface area (Å²) in [5, 5.41) is 2.86. The molecule has 0 fully saturated rings. The van der Waals surface area contributed by atoms with Crippen molar-refractivity contribution < 1.29 is 22.4 Å². The summed E-state index contributed by atoms with van der Waals surface area (Å²) in [6, 6.07) is 19.7. The predicted octanol–water partition coefficient (Wildman–Crippen LogP) is 4.37. The smallest absolute Gasteiger partial charge is 0.244 e. The molecule has 1 N–H and O–H groups in total. The number of sulfonamides is 1. The van der Waals surface area contributed by atoms with E-state index in [9.17, 15) is 22.4 Å². The molecule has 9 heteroatoms. The first-order chi connectivity index (χ1) is 18.5. The summed E-state index contributed by atoms with van der Waals surface area (Å²) in [6.07, 6.45) is 1.91. The largest absolute Gasteiger partial charge is 0.354 e. The van der Waals surface area contributed by atoms with Crippen molar-refractivity contribution in [3.8, 4) is 0 Å². The van der Waals surface area contributed by atoms with Gasteiger partial charge in [-0.25, -0.2) is 12.8 Å². The van der Waals surface area contributed by atoms with E-state index in [1.807, 2.05) is 50.2 Å². The van der Waals surface area contributed by atoms with Crippen molar-refractivity contribution in [2.75, 3.05) is 23.7 Å². The number of benzene rings is 3. The Morgan fingerprint density at radius 1 is 0.974 bits per heavy atom. The molecule has 3 aromatic rings. The normalized spacial score (nSPS) is 12.0. The SMILES string of the molecule is CCCNC(=O)[C@H](Cc1ccccc1)N(Cc1ccccc1F)C(=O)CN(c1cc(C)ccc1C)S(C)(=O)=O. The van der Waals surface area contributed by atoms with E-state index in [1.165, 1.54) is 11.0 Å². The third-order valence-electron chi connectivity index (χ3n) is 6.43. The molecular formula is C30H36FN3O4S. The molecular weight excluding hydrogens is 517 g/mol. The fraction of sp³-hybridized carbons (Fsp3) is 0.333. The van der Waals surface area contributed by atoms with Crippen LogP contribution in [0.25, 0.3) is 0 Å². The number of halogens is 1. The number of aryl methyl sites for hydroxylation is 2. The van der Waals surface area contributed by atoms with Gasteiger partial charge in [0.2, 0.25) is 21.8 Å². The molecule has 0 spiro atoms. The Morgan fingerprint density at radius 3 is 2.28 bits per heavy atom. The molecule has 0 aromatic heterocycles. The van der Waals surface area contributed by atoms with E-state index >= 15 is 0 Å². The highest BCUT2D eigenvalue weighted by Gasteiger charge is 2.33. The lowest BCUT2D eigenvalue weighted by Crippen LogP contribution is -2.53. The van der Waals surface area contributed by atoms with Gasteiger partial charge in [-0.15, -0.1) is 0 Å². The highest BCUT2D eigenvalue weighted by molar-refractivity contribution is 7.92. The fourth-order valence-corrected chi connectivity index (χ4v) is 5.21. The molecule has 39 heavy (non-hydrogen) atoms. The maximum atomic E-state index is 14.8. The lowest BCUT2D eigenvalue weighted by molar-refractivity contribution is -0.140. The van der Waals surface area contributed by atoms with Crippen LogP contribution >= 0.6 is 0 Å². The van der Waals surface area contributed by atoms with E-state index in [0.717, 1.165) is 21.7 Å². The molecule has 3 aromatic carbocycles. The van der Waals surface area contributed by atoms with Crippen molar-refractivity contribution in [3.05, 3.63) is 101 Å². The summed E-state index contributed by atoms with van der Waals surface area (Å²) in [7, 11) is -3.87. The number of hydrogen-bond acceptors (Lipinski definition) is 4. The number of hydrogen-bond donors (Lipinski definition) is 1. The molecule has 208 valence electrons. The highest BCUT2D eigenvalue weighted by atomic mass is 32.2. The Morgan fingerprint density at radius 2 is 1.64 bits per heavy atom. The fourth-order valence-electron chi connectivity index (χ4n) is 4.31. The number of anilines is 1. The van der Waals surface area contributed by atoms with Crippen molar-refractivity contribution >= 4 is 27.5 Å². The first-order valence-electron chi connectivity index (χ1n) is 12.9. The maximum Gasteiger partial charge on any atom is 0.244 e. The second-order valence-corrected chi connectivity index (χ2v) is 11.6. The van der Waals surface area contributed by atoms with Crippen molar-refractivity contribution in [3.63, 3.8) is 0 Å². The van der Waals surface area contributed by atoms with Crippen LogP contribution < -0.4 is 9.62 Å². The number of carbonyl (C=O) groups is 2. The standard InChI is InChI=1S/C30H36FN3O4S/c1-5-17-32-30(36)28(19-24-11-7-6-8-12-24)33(20-25-13-9-10-14-26(25)31)29(35)21-34(39(4,37)38)27-18-22(2)15-16-23(27)3/h6-16,18,28H,5,17,19-21H2,1-4H3,(H,32,36)/t28-/m0/s1. The maximum absolute atomic E-state index is 14.8. The number of nitrogens with one attached hydrogen (secondary N) is 1. The second-order valence-electron chi connectivity index (χ2n) is 9.67. The average Bonchev–Trinajstić information content (AvgIpc) is 2.90. The predicted molar refractivity (Wildman–Crippen MR) is 152 cm³/mol. The summed E-state index contributed by atoms with van der Waals surface area (Å²) in [5.74, 6) is -1.52. The average molecular weight is 554 g/mol. The van der Waals surface area contributed by atoms with Gasteiger partial charge in [0.15, 0.2) is 0 Å². The lowest BCUT2D eigenvalue weighted by Gasteiger charge is -2.34. The molecule has 2 amide bonds. The van der Waals surface area contributed by atoms with Crippen LogP contribution in [0.4, 0.5) is 10.1 Å². The van der Waals surface area contributed by atoms with Crippen LogP contribution in [0.2, 0.25) is 0 Å². The molecule has 7 nitrogen and oxygen atoms in total. The minimum atomic E-state index is -3.87. The van der Waals surface area contributed by atoms with Crippen LogP contribution in [0.3, 0.4) is 0 Å². The Labute approximate surface area is 230 Å². The Bertz CT molecular complexity index is 1400. The Kier molecular flexibility index (Phi) is 10.2. The highest BCUT2D eigenvalue weighted by Crippen LogP contribution is 2.25. The van der Waals surface area contributed by atoms with Crippen molar-refractivity contribution in [2.45, 2.75) is 46.2 Å². The van der Waals surface area contributed by atoms with Crippen molar-refractivity contribution in [1.82, 2.24) is 10.2 Å². The van der Waals surface area contributed by atoms with Gasteiger partial charge in [-0.1, -0.05) is 67.6 Å². The van der Waals surface area contributed by atoms with Crippen LogP contribution in [0, 0.1) is 19.7 Å². The van der Waals surface area contributed by atoms with Crippen LogP contribution in [-0.4, -0.2) is 50.5 Å². The van der Waals surface area contributed by atoms with Gasteiger partial charge in [0.1, 0.15) is 18.4 Å². The van der Waals surface area contributed by atoms with Gasteiger partial charge in [-0.3, -0.25) is 13.9 Å². The van der Waals surface area contributed by atoms with Gasteiger partial charge < -0.3 is 10.2 Å². The van der Waals surface area contributed by atoms with Gasteiger partial charge in [-0.05, 0) is 49.1 Å². The molecule has 1 atom stereocenters. The number of rotatable bonds is 12. The van der Waals surface area contributed by atoms with E-state index < -0.39 is 34.3 Å². The van der Waals surface area contributed by atoms with Gasteiger partial charge >= 0.3 is 0 Å². The summed E-state index contributed by atoms with van der Waals surface area (Å²) in [4.78, 5) is 28.8. The van der Waals surface area contributed by atoms with Crippen LogP contribution in [-0.2, 0) is 32.6 Å². The van der Waals surface area contributed by atoms with Gasteiger partial charge in [-0.2, -0.15) is 0 Å². The van der Waals surface area contributed by atoms with Crippen molar-refractivity contribution in [1.29, 1.82) is 0 Å². The van der Waals surface area contributed by atoms with Crippen LogP contribution in [0.1, 0.15) is 35.6 Å². The summed E-state index contributed by atoms with van der Waals surface area (Å²) < 4.78 is 41.7. The molecule has 0 unspecified atom stereocenters. The monoisotopic (exact) mass is 553 g/mol. The molecule has 0 aliphatic heterocycles. The van der Waals surface area contributed by atoms with Gasteiger partial charge in [0.05, 0.1) is 11.9 Å². The zero-order chi connectivity index (χ0) is 28.6. The number of nitrogens with zero attached hydrogens (tertiary/aromatic N) is 2. The van der Waals surface area contributed by atoms with Crippen LogP contribution in [0.15, 0.2) is 72.8 Å². The zero-order valence-electron chi connectivity index (χ0n) is 22.9. The molecule has 0 aliphatic rings. The summed E-state index contributed by atoms with van der Waals surface area (Å²) in [5.41, 5.74) is 2.94. The third-order valence-corrected chi connectivity index (χ3v) is 7.56. The molecule has 0 radical (unpaired) electrons. The Balaban J connectivity index is 2.08. The zero-order valence-corrected chi connectivity index (χ0v) is 23.7. The number of amides is 2. The first-order valence-corrected chi connectivity index (χ1v) is 14.8. The molecule has 0 aliphatic carbocycles. The Hall–Kier alpha value is -3.72. The number of carbonyl (C=O) groups excluding carboxylic acids is 2. The van der Waals surface area contributed by atoms with E-state index in [0.29, 0.717) is 24.2 Å². The van der Waals surface area contributed by atoms with E-state index in [1.54, 1.807) is 37.3 Å². The molecule has 0 saturated carbocycles. The van der Waals surface area contributed by atoms with E-state index in [-0.39, 0.29) is 24.4 Å². The quantitative estimate of drug-likeness (QED) is 0.361. The van der Waals surface area contributed by atoms with Gasteiger partial charge in [0.25, 0.3) is 0 Å². The van der Waals surface area contributed by atoms with E-state index in [2.05, 4.69) is 5.32 Å².